The van der Waals surface area contributed by atoms with Gasteiger partial charge in [0.15, 0.2) is 0 Å². The molecule has 6 nitrogen and oxygen atoms in total. The second kappa shape index (κ2) is 6.58. The number of ether oxygens (including phenoxy) is 1. The van der Waals surface area contributed by atoms with Crippen molar-refractivity contribution in [2.24, 2.45) is 0 Å². The highest BCUT2D eigenvalue weighted by Gasteiger charge is 2.31. The Morgan fingerprint density at radius 2 is 2.36 bits per heavy atom. The van der Waals surface area contributed by atoms with E-state index in [0.717, 1.165) is 18.4 Å². The molecule has 1 unspecified atom stereocenters. The van der Waals surface area contributed by atoms with Gasteiger partial charge in [-0.05, 0) is 30.9 Å². The number of hydrogen-bond acceptors (Lipinski definition) is 3. The van der Waals surface area contributed by atoms with Crippen LogP contribution in [-0.4, -0.2) is 39.1 Å². The summed E-state index contributed by atoms with van der Waals surface area (Å²) in [5, 5.41) is 6.79. The molecule has 130 valence electrons. The summed E-state index contributed by atoms with van der Waals surface area (Å²) in [6.07, 6.45) is 13.7. The number of H-pyrrole nitrogens is 1. The van der Waals surface area contributed by atoms with Crippen molar-refractivity contribution in [1.82, 2.24) is 20.0 Å². The van der Waals surface area contributed by atoms with Crippen LogP contribution in [0.25, 0.3) is 0 Å². The number of aromatic nitrogens is 2. The first kappa shape index (κ1) is 15.7. The minimum atomic E-state index is -0.304. The molecule has 0 aromatic carbocycles. The van der Waals surface area contributed by atoms with Crippen LogP contribution in [0.15, 0.2) is 60.4 Å². The van der Waals surface area contributed by atoms with Gasteiger partial charge in [0, 0.05) is 37.0 Å². The number of hydrogen-bond donors (Lipinski definition) is 1. The average molecular weight is 342 g/mol. The molecule has 2 amide bonds. The number of nitrogens with zero attached hydrogens (tertiary/aromatic N) is 3. The van der Waals surface area contributed by atoms with Crippen LogP contribution >= 0.6 is 0 Å². The molecule has 4 rings (SSSR count). The Morgan fingerprint density at radius 3 is 3.16 bits per heavy atom. The van der Waals surface area contributed by atoms with Gasteiger partial charge in [-0.15, -0.1) is 0 Å². The predicted molar refractivity (Wildman–Crippen MR) is 89.6 cm³/mol. The van der Waals surface area contributed by atoms with Crippen molar-refractivity contribution >= 4 is 6.03 Å². The number of rotatable bonds is 2. The van der Waals surface area contributed by atoms with Crippen LogP contribution in [0.4, 0.5) is 9.18 Å². The summed E-state index contributed by atoms with van der Waals surface area (Å²) in [7, 11) is 0. The molecular formula is C18H19FN4O2. The first-order chi connectivity index (χ1) is 12.2. The zero-order valence-corrected chi connectivity index (χ0v) is 13.7. The predicted octanol–water partition coefficient (Wildman–Crippen LogP) is 3.54. The molecule has 0 bridgehead atoms. The molecule has 1 aromatic heterocycles. The maximum absolute atomic E-state index is 14.0. The molecule has 1 aromatic rings. The lowest BCUT2D eigenvalue weighted by atomic mass is 10.0. The molecule has 1 aliphatic carbocycles. The Hall–Kier alpha value is -2.83. The molecule has 1 atom stereocenters. The number of nitrogens with one attached hydrogen (secondary N) is 1. The van der Waals surface area contributed by atoms with Gasteiger partial charge in [-0.2, -0.15) is 5.10 Å². The maximum Gasteiger partial charge on any atom is 0.328 e. The van der Waals surface area contributed by atoms with E-state index in [1.807, 2.05) is 6.20 Å². The second-order valence-corrected chi connectivity index (χ2v) is 6.32. The van der Waals surface area contributed by atoms with E-state index in [0.29, 0.717) is 36.8 Å². The summed E-state index contributed by atoms with van der Waals surface area (Å²) in [6, 6.07) is -0.129. The highest BCUT2D eigenvalue weighted by Crippen LogP contribution is 2.31. The third kappa shape index (κ3) is 3.09. The number of aromatic amines is 1. The minimum Gasteiger partial charge on any atom is -0.462 e. The van der Waals surface area contributed by atoms with Gasteiger partial charge in [-0.3, -0.25) is 10.00 Å². The van der Waals surface area contributed by atoms with Crippen molar-refractivity contribution in [1.29, 1.82) is 0 Å². The third-order valence-electron chi connectivity index (χ3n) is 4.75. The highest BCUT2D eigenvalue weighted by molar-refractivity contribution is 5.77. The van der Waals surface area contributed by atoms with Crippen molar-refractivity contribution in [2.45, 2.75) is 25.2 Å². The van der Waals surface area contributed by atoms with E-state index < -0.39 is 0 Å². The Bertz CT molecular complexity index is 779. The van der Waals surface area contributed by atoms with Crippen LogP contribution in [-0.2, 0) is 4.74 Å². The SMILES string of the molecule is O=C(N1C=COC(C2=C(F)C=CCC2)=C1)N1CCC(c2cn[nH]c2)C1. The number of amides is 2. The third-order valence-corrected chi connectivity index (χ3v) is 4.75. The van der Waals surface area contributed by atoms with E-state index in [1.165, 1.54) is 17.2 Å². The Labute approximate surface area is 144 Å². The first-order valence-corrected chi connectivity index (χ1v) is 8.39. The van der Waals surface area contributed by atoms with Crippen LogP contribution in [0, 0.1) is 0 Å². The zero-order chi connectivity index (χ0) is 17.2. The van der Waals surface area contributed by atoms with Crippen LogP contribution in [0.1, 0.15) is 30.7 Å². The van der Waals surface area contributed by atoms with E-state index in [1.54, 1.807) is 29.6 Å². The minimum absolute atomic E-state index is 0.129. The number of allylic oxidation sites excluding steroid dienone is 4. The lowest BCUT2D eigenvalue weighted by Gasteiger charge is -2.26. The number of carbonyl (C=O) groups excluding carboxylic acids is 1. The Balaban J connectivity index is 1.48. The summed E-state index contributed by atoms with van der Waals surface area (Å²) in [4.78, 5) is 16.0. The van der Waals surface area contributed by atoms with Crippen molar-refractivity contribution < 1.29 is 13.9 Å². The van der Waals surface area contributed by atoms with Crippen LogP contribution in [0.2, 0.25) is 0 Å². The monoisotopic (exact) mass is 342 g/mol. The molecule has 1 fully saturated rings. The fourth-order valence-electron chi connectivity index (χ4n) is 3.37. The van der Waals surface area contributed by atoms with Gasteiger partial charge in [0.2, 0.25) is 0 Å². The molecule has 0 spiro atoms. The van der Waals surface area contributed by atoms with Crippen LogP contribution in [0.5, 0.6) is 0 Å². The van der Waals surface area contributed by atoms with Gasteiger partial charge < -0.3 is 9.64 Å². The number of likely N-dealkylation sites (tertiary alicyclic amines) is 1. The van der Waals surface area contributed by atoms with Gasteiger partial charge >= 0.3 is 6.03 Å². The maximum atomic E-state index is 14.0. The van der Waals surface area contributed by atoms with Gasteiger partial charge in [-0.1, -0.05) is 6.08 Å². The molecular weight excluding hydrogens is 323 g/mol. The quantitative estimate of drug-likeness (QED) is 0.894. The van der Waals surface area contributed by atoms with E-state index >= 15 is 0 Å². The van der Waals surface area contributed by atoms with Gasteiger partial charge in [0.05, 0.1) is 12.4 Å². The zero-order valence-electron chi connectivity index (χ0n) is 13.7. The smallest absolute Gasteiger partial charge is 0.328 e. The number of halogens is 1. The van der Waals surface area contributed by atoms with Crippen molar-refractivity contribution in [3.05, 3.63) is 65.9 Å². The Kier molecular flexibility index (Phi) is 4.13. The van der Waals surface area contributed by atoms with Gasteiger partial charge in [0.25, 0.3) is 0 Å². The van der Waals surface area contributed by atoms with E-state index in [9.17, 15) is 9.18 Å². The largest absolute Gasteiger partial charge is 0.462 e. The van der Waals surface area contributed by atoms with Crippen molar-refractivity contribution in [3.8, 4) is 0 Å². The molecule has 1 N–H and O–H groups in total. The summed E-state index contributed by atoms with van der Waals surface area (Å²) in [6.45, 7) is 1.33. The van der Waals surface area contributed by atoms with E-state index in [2.05, 4.69) is 10.2 Å². The molecule has 0 radical (unpaired) electrons. The molecule has 25 heavy (non-hydrogen) atoms. The summed E-state index contributed by atoms with van der Waals surface area (Å²) in [5.74, 6) is 0.379. The molecule has 7 heteroatoms. The van der Waals surface area contributed by atoms with Crippen LogP contribution in [0.3, 0.4) is 0 Å². The summed E-state index contributed by atoms with van der Waals surface area (Å²) >= 11 is 0. The lowest BCUT2D eigenvalue weighted by Crippen LogP contribution is -2.37. The number of urea groups is 1. The topological polar surface area (TPSA) is 61.5 Å². The second-order valence-electron chi connectivity index (χ2n) is 6.32. The van der Waals surface area contributed by atoms with Crippen LogP contribution < -0.4 is 0 Å². The van der Waals surface area contributed by atoms with Gasteiger partial charge in [0.1, 0.15) is 17.8 Å². The highest BCUT2D eigenvalue weighted by atomic mass is 19.1. The summed E-state index contributed by atoms with van der Waals surface area (Å²) in [5.41, 5.74) is 1.62. The van der Waals surface area contributed by atoms with Crippen molar-refractivity contribution in [2.75, 3.05) is 13.1 Å². The average Bonchev–Trinajstić information content (AvgIpc) is 3.33. The normalized spacial score (nSPS) is 23.1. The van der Waals surface area contributed by atoms with E-state index in [4.69, 9.17) is 4.74 Å². The molecule has 3 heterocycles. The first-order valence-electron chi connectivity index (χ1n) is 8.39. The summed E-state index contributed by atoms with van der Waals surface area (Å²) < 4.78 is 19.4. The fraction of sp³-hybridized carbons (Fsp3) is 0.333. The fourth-order valence-corrected chi connectivity index (χ4v) is 3.37. The molecule has 0 saturated carbocycles. The van der Waals surface area contributed by atoms with E-state index in [-0.39, 0.29) is 11.9 Å². The Morgan fingerprint density at radius 1 is 1.44 bits per heavy atom. The molecule has 2 aliphatic heterocycles. The molecule has 1 saturated heterocycles. The number of carbonyl (C=O) groups is 1. The van der Waals surface area contributed by atoms with Crippen molar-refractivity contribution in [3.63, 3.8) is 0 Å². The van der Waals surface area contributed by atoms with Gasteiger partial charge in [-0.25, -0.2) is 9.18 Å². The lowest BCUT2D eigenvalue weighted by molar-refractivity contribution is 0.185. The molecule has 3 aliphatic rings. The standard InChI is InChI=1S/C18H19FN4O2/c19-16-4-2-1-3-15(16)17-12-23(7-8-25-17)18(24)22-6-5-13(11-22)14-9-20-21-10-14/h2,4,7-10,12-13H,1,3,5-6,11H2,(H,20,21).